The van der Waals surface area contributed by atoms with Crippen LogP contribution >= 0.6 is 0 Å². The number of piperidine rings is 2. The van der Waals surface area contributed by atoms with Crippen molar-refractivity contribution in [3.8, 4) is 0 Å². The zero-order valence-electron chi connectivity index (χ0n) is 15.0. The maximum atomic E-state index is 12.7. The van der Waals surface area contributed by atoms with Crippen LogP contribution in [0.1, 0.15) is 53.9 Å². The SMILES string of the molecule is CC(C)=C1C(=O)NC2(CCNCC2)C/C1=C/N(C)C(C)(C)C. The van der Waals surface area contributed by atoms with Crippen LogP contribution in [0.2, 0.25) is 0 Å². The van der Waals surface area contributed by atoms with Gasteiger partial charge in [-0.15, -0.1) is 0 Å². The van der Waals surface area contributed by atoms with Crippen LogP contribution in [0.25, 0.3) is 0 Å². The van der Waals surface area contributed by atoms with Crippen molar-refractivity contribution in [1.29, 1.82) is 0 Å². The first-order valence-corrected chi connectivity index (χ1v) is 8.29. The largest absolute Gasteiger partial charge is 0.375 e. The zero-order valence-corrected chi connectivity index (χ0v) is 15.0. The van der Waals surface area contributed by atoms with Crippen LogP contribution in [-0.2, 0) is 4.79 Å². The molecule has 2 aliphatic rings. The van der Waals surface area contributed by atoms with E-state index < -0.39 is 0 Å². The summed E-state index contributed by atoms with van der Waals surface area (Å²) in [5.74, 6) is 0.0988. The molecule has 0 atom stereocenters. The monoisotopic (exact) mass is 305 g/mol. The molecule has 0 radical (unpaired) electrons. The van der Waals surface area contributed by atoms with Gasteiger partial charge in [0.1, 0.15) is 0 Å². The Morgan fingerprint density at radius 3 is 2.32 bits per heavy atom. The average molecular weight is 305 g/mol. The average Bonchev–Trinajstić information content (AvgIpc) is 2.37. The summed E-state index contributed by atoms with van der Waals surface area (Å²) in [6.07, 6.45) is 5.13. The Bertz CT molecular complexity index is 501. The van der Waals surface area contributed by atoms with E-state index in [1.807, 2.05) is 13.8 Å². The smallest absolute Gasteiger partial charge is 0.251 e. The lowest BCUT2D eigenvalue weighted by Crippen LogP contribution is -2.58. The van der Waals surface area contributed by atoms with Crippen LogP contribution in [0.5, 0.6) is 0 Å². The highest BCUT2D eigenvalue weighted by Gasteiger charge is 2.40. The number of nitrogens with one attached hydrogen (secondary N) is 2. The third kappa shape index (κ3) is 3.54. The molecule has 0 bridgehead atoms. The molecule has 4 nitrogen and oxygen atoms in total. The first-order chi connectivity index (χ1) is 10.1. The highest BCUT2D eigenvalue weighted by molar-refractivity contribution is 6.00. The number of carbonyl (C=O) groups excluding carboxylic acids is 1. The number of hydrogen-bond donors (Lipinski definition) is 2. The Balaban J connectivity index is 2.39. The van der Waals surface area contributed by atoms with Gasteiger partial charge in [0.25, 0.3) is 5.91 Å². The van der Waals surface area contributed by atoms with Crippen molar-refractivity contribution in [2.24, 2.45) is 0 Å². The molecule has 124 valence electrons. The number of nitrogens with zero attached hydrogens (tertiary/aromatic N) is 1. The molecule has 2 N–H and O–H groups in total. The van der Waals surface area contributed by atoms with E-state index in [9.17, 15) is 4.79 Å². The van der Waals surface area contributed by atoms with Gasteiger partial charge in [-0.1, -0.05) is 5.57 Å². The van der Waals surface area contributed by atoms with E-state index in [1.54, 1.807) is 0 Å². The Kier molecular flexibility index (Phi) is 4.71. The van der Waals surface area contributed by atoms with E-state index in [1.165, 1.54) is 5.57 Å². The minimum atomic E-state index is -0.0636. The third-order valence-electron chi connectivity index (χ3n) is 4.92. The van der Waals surface area contributed by atoms with E-state index >= 15 is 0 Å². The van der Waals surface area contributed by atoms with Crippen LogP contribution < -0.4 is 10.6 Å². The first-order valence-electron chi connectivity index (χ1n) is 8.29. The second-order valence-corrected chi connectivity index (χ2v) is 7.97. The molecule has 2 heterocycles. The van der Waals surface area contributed by atoms with E-state index in [4.69, 9.17) is 0 Å². The number of carbonyl (C=O) groups is 1. The van der Waals surface area contributed by atoms with Crippen LogP contribution in [0.15, 0.2) is 22.9 Å². The predicted molar refractivity (Wildman–Crippen MR) is 91.6 cm³/mol. The van der Waals surface area contributed by atoms with Crippen molar-refractivity contribution >= 4 is 5.91 Å². The Labute approximate surface area is 135 Å². The van der Waals surface area contributed by atoms with Crippen LogP contribution in [0.4, 0.5) is 0 Å². The van der Waals surface area contributed by atoms with Crippen molar-refractivity contribution in [1.82, 2.24) is 15.5 Å². The van der Waals surface area contributed by atoms with Gasteiger partial charge in [-0.3, -0.25) is 4.79 Å². The Hall–Kier alpha value is -1.29. The van der Waals surface area contributed by atoms with Gasteiger partial charge >= 0.3 is 0 Å². The lowest BCUT2D eigenvalue weighted by Gasteiger charge is -2.44. The summed E-state index contributed by atoms with van der Waals surface area (Å²) in [6.45, 7) is 12.6. The maximum absolute atomic E-state index is 12.7. The standard InChI is InChI=1S/C18H31N3O/c1-13(2)15-14(12-21(6)17(3,4)5)11-18(20-16(15)22)7-9-19-10-8-18/h12,19H,7-11H2,1-6H3,(H,20,22)/b14-12-. The summed E-state index contributed by atoms with van der Waals surface area (Å²) in [7, 11) is 2.09. The van der Waals surface area contributed by atoms with Gasteiger partial charge in [0.05, 0.1) is 0 Å². The second kappa shape index (κ2) is 6.07. The molecular weight excluding hydrogens is 274 g/mol. The van der Waals surface area contributed by atoms with Crippen molar-refractivity contribution in [2.75, 3.05) is 20.1 Å². The summed E-state index contributed by atoms with van der Waals surface area (Å²) in [4.78, 5) is 14.9. The number of hydrogen-bond acceptors (Lipinski definition) is 3. The fraction of sp³-hybridized carbons (Fsp3) is 0.722. The van der Waals surface area contributed by atoms with Crippen molar-refractivity contribution in [2.45, 2.75) is 65.0 Å². The van der Waals surface area contributed by atoms with Crippen LogP contribution in [0.3, 0.4) is 0 Å². The molecule has 0 aromatic heterocycles. The number of rotatable bonds is 1. The van der Waals surface area contributed by atoms with Crippen LogP contribution in [0, 0.1) is 0 Å². The summed E-state index contributed by atoms with van der Waals surface area (Å²) in [5, 5.41) is 6.70. The molecule has 0 aromatic rings. The summed E-state index contributed by atoms with van der Waals surface area (Å²) in [6, 6.07) is 0. The number of amides is 1. The normalized spacial score (nSPS) is 23.6. The third-order valence-corrected chi connectivity index (χ3v) is 4.92. The van der Waals surface area contributed by atoms with E-state index in [-0.39, 0.29) is 17.0 Å². The molecule has 0 aromatic carbocycles. The fourth-order valence-corrected chi connectivity index (χ4v) is 3.24. The molecule has 2 fully saturated rings. The van der Waals surface area contributed by atoms with Crippen molar-refractivity contribution < 1.29 is 4.79 Å². The van der Waals surface area contributed by atoms with Gasteiger partial charge in [-0.25, -0.2) is 0 Å². The quantitative estimate of drug-likeness (QED) is 0.732. The van der Waals surface area contributed by atoms with Gasteiger partial charge in [-0.2, -0.15) is 0 Å². The molecule has 2 rings (SSSR count). The van der Waals surface area contributed by atoms with Gasteiger partial charge in [-0.05, 0) is 72.5 Å². The molecule has 0 unspecified atom stereocenters. The molecule has 22 heavy (non-hydrogen) atoms. The van der Waals surface area contributed by atoms with Crippen molar-refractivity contribution in [3.05, 3.63) is 22.9 Å². The van der Waals surface area contributed by atoms with Gasteiger partial charge in [0, 0.05) is 29.9 Å². The van der Waals surface area contributed by atoms with Crippen molar-refractivity contribution in [3.63, 3.8) is 0 Å². The van der Waals surface area contributed by atoms with E-state index in [2.05, 4.69) is 49.6 Å². The van der Waals surface area contributed by atoms with Gasteiger partial charge in [0.2, 0.25) is 0 Å². The summed E-state index contributed by atoms with van der Waals surface area (Å²) in [5.41, 5.74) is 3.14. The number of allylic oxidation sites excluding steroid dienone is 1. The molecule has 2 aliphatic heterocycles. The molecule has 1 spiro atoms. The van der Waals surface area contributed by atoms with Gasteiger partial charge in [0.15, 0.2) is 0 Å². The van der Waals surface area contributed by atoms with E-state index in [0.717, 1.165) is 43.5 Å². The highest BCUT2D eigenvalue weighted by atomic mass is 16.2. The minimum absolute atomic E-state index is 0.0506. The highest BCUT2D eigenvalue weighted by Crippen LogP contribution is 2.36. The Morgan fingerprint density at radius 2 is 1.82 bits per heavy atom. The predicted octanol–water partition coefficient (Wildman–Crippen LogP) is 2.58. The topological polar surface area (TPSA) is 44.4 Å². The fourth-order valence-electron chi connectivity index (χ4n) is 3.24. The van der Waals surface area contributed by atoms with Gasteiger partial charge < -0.3 is 15.5 Å². The van der Waals surface area contributed by atoms with Crippen LogP contribution in [-0.4, -0.2) is 42.0 Å². The molecular formula is C18H31N3O. The second-order valence-electron chi connectivity index (χ2n) is 7.97. The molecule has 0 aliphatic carbocycles. The molecule has 2 saturated heterocycles. The lowest BCUT2D eigenvalue weighted by molar-refractivity contribution is -0.120. The molecule has 1 amide bonds. The summed E-state index contributed by atoms with van der Waals surface area (Å²) < 4.78 is 0. The first kappa shape index (κ1) is 17.1. The maximum Gasteiger partial charge on any atom is 0.251 e. The summed E-state index contributed by atoms with van der Waals surface area (Å²) >= 11 is 0. The zero-order chi connectivity index (χ0) is 16.5. The lowest BCUT2D eigenvalue weighted by atomic mass is 9.76. The molecule has 0 saturated carbocycles. The molecule has 4 heteroatoms. The van der Waals surface area contributed by atoms with E-state index in [0.29, 0.717) is 0 Å². The Morgan fingerprint density at radius 1 is 1.23 bits per heavy atom. The minimum Gasteiger partial charge on any atom is -0.375 e.